The third kappa shape index (κ3) is 10.6. The molecule has 2 aromatic rings. The number of nitrogens with zero attached hydrogens (tertiary/aromatic N) is 4. The zero-order chi connectivity index (χ0) is 30.4. The first-order valence-electron chi connectivity index (χ1n) is 13.7. The number of unbranched alkanes of at least 4 members (excludes halogenated alkanes) is 1. The van der Waals surface area contributed by atoms with E-state index in [9.17, 15) is 9.36 Å². The number of nitrogens with two attached hydrogens (primary N) is 1. The molecule has 0 saturated heterocycles. The third-order valence-corrected chi connectivity index (χ3v) is 7.58. The van der Waals surface area contributed by atoms with Crippen molar-refractivity contribution in [1.82, 2.24) is 24.6 Å². The first kappa shape index (κ1) is 34.0. The third-order valence-electron chi connectivity index (χ3n) is 5.89. The van der Waals surface area contributed by atoms with E-state index in [0.29, 0.717) is 42.8 Å². The van der Waals surface area contributed by atoms with Gasteiger partial charge in [0.1, 0.15) is 12.3 Å². The molecule has 0 fully saturated rings. The van der Waals surface area contributed by atoms with Gasteiger partial charge in [-0.15, -0.1) is 13.2 Å². The topological polar surface area (TPSA) is 165 Å². The normalized spacial score (nSPS) is 14.9. The summed E-state index contributed by atoms with van der Waals surface area (Å²) in [7, 11) is -4.00. The van der Waals surface area contributed by atoms with Gasteiger partial charge in [0.2, 0.25) is 5.95 Å². The fourth-order valence-electron chi connectivity index (χ4n) is 3.53. The molecule has 0 bridgehead atoms. The highest BCUT2D eigenvalue weighted by Crippen LogP contribution is 2.47. The second kappa shape index (κ2) is 16.9. The molecule has 2 heterocycles. The van der Waals surface area contributed by atoms with E-state index in [1.54, 1.807) is 30.0 Å². The Kier molecular flexibility index (Phi) is 14.0. The van der Waals surface area contributed by atoms with Gasteiger partial charge in [0.25, 0.3) is 0 Å². The number of fused-ring (bicyclic) bond motifs is 1. The molecule has 0 aliphatic rings. The summed E-state index contributed by atoms with van der Waals surface area (Å²) in [6.07, 6.45) is 7.14. The van der Waals surface area contributed by atoms with Crippen molar-refractivity contribution < 1.29 is 27.9 Å². The molecular formula is C27H44N7O6P. The number of nitrogens with one attached hydrogen (secondary N) is 2. The summed E-state index contributed by atoms with van der Waals surface area (Å²) in [6.45, 7) is 18.9. The Morgan fingerprint density at radius 2 is 1.95 bits per heavy atom. The summed E-state index contributed by atoms with van der Waals surface area (Å²) < 4.78 is 38.1. The highest BCUT2D eigenvalue weighted by Gasteiger charge is 2.33. The summed E-state index contributed by atoms with van der Waals surface area (Å²) in [4.78, 5) is 25.5. The molecule has 4 unspecified atom stereocenters. The van der Waals surface area contributed by atoms with Crippen LogP contribution in [0.2, 0.25) is 0 Å². The first-order chi connectivity index (χ1) is 19.6. The van der Waals surface area contributed by atoms with Crippen molar-refractivity contribution in [3.8, 4) is 0 Å². The number of ether oxygens (including phenoxy) is 2. The van der Waals surface area contributed by atoms with Gasteiger partial charge in [-0.3, -0.25) is 13.9 Å². The van der Waals surface area contributed by atoms with Crippen LogP contribution in [-0.4, -0.2) is 57.4 Å². The number of imidazole rings is 1. The lowest BCUT2D eigenvalue weighted by Crippen LogP contribution is -2.35. The van der Waals surface area contributed by atoms with Gasteiger partial charge < -0.3 is 25.0 Å². The van der Waals surface area contributed by atoms with E-state index in [1.165, 1.54) is 6.92 Å². The lowest BCUT2D eigenvalue weighted by molar-refractivity contribution is -0.145. The van der Waals surface area contributed by atoms with Crippen molar-refractivity contribution >= 4 is 36.6 Å². The van der Waals surface area contributed by atoms with Crippen LogP contribution in [0.25, 0.3) is 11.2 Å². The van der Waals surface area contributed by atoms with Crippen LogP contribution in [-0.2, 0) is 27.9 Å². The number of aromatic nitrogens is 4. The number of hydrogen-bond acceptors (Lipinski definition) is 11. The molecule has 0 aliphatic heterocycles. The van der Waals surface area contributed by atoms with Crippen LogP contribution < -0.4 is 16.1 Å². The fourth-order valence-corrected chi connectivity index (χ4v) is 5.13. The standard InChI is InChI=1S/C27H44N7O6P/c1-8-12-14-16-37-26(35)20(6)33-41(36,40-19(5)10-3)38-17-22(11-4)39-21(7)34-18-30-23-24(29-15-13-9-2)31-27(28)32-25(23)34/h8-9,18,20-22H,1-2,5,10-17H2,3-4,6-7H3,(H,33,36)(H3,28,29,31,32). The SMILES string of the molecule is C=CCCCOC(=O)C(C)NP(=O)(OCC(CC)OC(C)n1cnc2c(NCCC=C)nc(N)nc21)OC(=C)CC. The summed E-state index contributed by atoms with van der Waals surface area (Å²) in [5.41, 5.74) is 7.00. The minimum atomic E-state index is -4.00. The molecule has 0 amide bonds. The van der Waals surface area contributed by atoms with Crippen LogP contribution in [0.5, 0.6) is 0 Å². The molecule has 0 aromatic carbocycles. The van der Waals surface area contributed by atoms with Crippen molar-refractivity contribution in [2.75, 3.05) is 30.8 Å². The Morgan fingerprint density at radius 3 is 2.61 bits per heavy atom. The molecule has 0 radical (unpaired) electrons. The highest BCUT2D eigenvalue weighted by molar-refractivity contribution is 7.51. The lowest BCUT2D eigenvalue weighted by Gasteiger charge is -2.27. The van der Waals surface area contributed by atoms with Gasteiger partial charge in [-0.2, -0.15) is 15.1 Å². The van der Waals surface area contributed by atoms with Gasteiger partial charge in [-0.05, 0) is 39.5 Å². The lowest BCUT2D eigenvalue weighted by atomic mass is 10.3. The quantitative estimate of drug-likeness (QED) is 0.0566. The molecule has 0 spiro atoms. The predicted molar refractivity (Wildman–Crippen MR) is 160 cm³/mol. The number of rotatable bonds is 21. The van der Waals surface area contributed by atoms with Crippen LogP contribution >= 0.6 is 7.75 Å². The molecule has 13 nitrogen and oxygen atoms in total. The van der Waals surface area contributed by atoms with Crippen molar-refractivity contribution in [1.29, 1.82) is 0 Å². The maximum absolute atomic E-state index is 13.6. The highest BCUT2D eigenvalue weighted by atomic mass is 31.2. The molecule has 0 saturated carbocycles. The van der Waals surface area contributed by atoms with Crippen LogP contribution in [0, 0.1) is 0 Å². The number of esters is 1. The van der Waals surface area contributed by atoms with E-state index in [2.05, 4.69) is 45.1 Å². The van der Waals surface area contributed by atoms with E-state index in [-0.39, 0.29) is 24.9 Å². The molecular weight excluding hydrogens is 549 g/mol. The Balaban J connectivity index is 2.11. The van der Waals surface area contributed by atoms with Gasteiger partial charge in [0.15, 0.2) is 17.0 Å². The number of hydrogen-bond donors (Lipinski definition) is 3. The van der Waals surface area contributed by atoms with Crippen LogP contribution in [0.15, 0.2) is 44.0 Å². The van der Waals surface area contributed by atoms with E-state index >= 15 is 0 Å². The number of anilines is 2. The molecule has 0 aliphatic carbocycles. The van der Waals surface area contributed by atoms with E-state index in [4.69, 9.17) is 24.3 Å². The molecule has 2 rings (SSSR count). The van der Waals surface area contributed by atoms with Gasteiger partial charge in [-0.25, -0.2) is 9.55 Å². The molecule has 4 atom stereocenters. The smallest absolute Gasteiger partial charge is 0.459 e. The Bertz CT molecular complexity index is 1220. The van der Waals surface area contributed by atoms with Crippen molar-refractivity contribution in [3.63, 3.8) is 0 Å². The second-order valence-electron chi connectivity index (χ2n) is 9.25. The van der Waals surface area contributed by atoms with Crippen molar-refractivity contribution in [2.24, 2.45) is 0 Å². The average molecular weight is 594 g/mol. The minimum Gasteiger partial charge on any atom is -0.465 e. The summed E-state index contributed by atoms with van der Waals surface area (Å²) in [5, 5.41) is 5.85. The van der Waals surface area contributed by atoms with Gasteiger partial charge >= 0.3 is 13.7 Å². The van der Waals surface area contributed by atoms with Crippen molar-refractivity contribution in [3.05, 3.63) is 44.0 Å². The fraction of sp³-hybridized carbons (Fsp3) is 0.556. The minimum absolute atomic E-state index is 0.0941. The molecule has 2 aromatic heterocycles. The van der Waals surface area contributed by atoms with E-state index < -0.39 is 32.1 Å². The Morgan fingerprint density at radius 1 is 1.22 bits per heavy atom. The van der Waals surface area contributed by atoms with Crippen LogP contribution in [0.3, 0.4) is 0 Å². The maximum atomic E-state index is 13.6. The molecule has 14 heteroatoms. The maximum Gasteiger partial charge on any atom is 0.459 e. The van der Waals surface area contributed by atoms with Gasteiger partial charge in [0, 0.05) is 13.0 Å². The number of carbonyl (C=O) groups is 1. The zero-order valence-corrected chi connectivity index (χ0v) is 25.4. The van der Waals surface area contributed by atoms with Crippen LogP contribution in [0.1, 0.15) is 66.0 Å². The zero-order valence-electron chi connectivity index (χ0n) is 24.5. The van der Waals surface area contributed by atoms with Gasteiger partial charge in [0.05, 0.1) is 31.4 Å². The molecule has 41 heavy (non-hydrogen) atoms. The van der Waals surface area contributed by atoms with E-state index in [0.717, 1.165) is 12.8 Å². The number of nitrogen functional groups attached to an aromatic ring is 1. The van der Waals surface area contributed by atoms with Crippen LogP contribution in [0.4, 0.5) is 11.8 Å². The average Bonchev–Trinajstić information content (AvgIpc) is 3.37. The molecule has 4 N–H and O–H groups in total. The monoisotopic (exact) mass is 593 g/mol. The second-order valence-corrected chi connectivity index (χ2v) is 10.9. The summed E-state index contributed by atoms with van der Waals surface area (Å²) >= 11 is 0. The Labute approximate surface area is 242 Å². The van der Waals surface area contributed by atoms with Gasteiger partial charge in [-0.1, -0.05) is 32.6 Å². The largest absolute Gasteiger partial charge is 0.465 e. The van der Waals surface area contributed by atoms with E-state index in [1.807, 2.05) is 13.8 Å². The number of carbonyl (C=O) groups excluding carboxylic acids is 1. The predicted octanol–water partition coefficient (Wildman–Crippen LogP) is 5.26. The summed E-state index contributed by atoms with van der Waals surface area (Å²) in [5.74, 6) is 0.280. The summed E-state index contributed by atoms with van der Waals surface area (Å²) in [6, 6.07) is -0.953. The first-order valence-corrected chi connectivity index (χ1v) is 15.3. The number of allylic oxidation sites excluding steroid dienone is 2. The van der Waals surface area contributed by atoms with Crippen molar-refractivity contribution in [2.45, 2.75) is 78.2 Å². The molecule has 228 valence electrons. The Hall–Kier alpha value is -3.25.